The lowest BCUT2D eigenvalue weighted by Gasteiger charge is -2.28. The van der Waals surface area contributed by atoms with E-state index in [1.54, 1.807) is 63.2 Å². The zero-order valence-electron chi connectivity index (χ0n) is 37.0. The first-order chi connectivity index (χ1) is 30.6. The molecule has 0 aliphatic rings. The molecule has 0 saturated heterocycles. The number of esters is 5. The van der Waals surface area contributed by atoms with Crippen molar-refractivity contribution in [3.63, 3.8) is 0 Å². The van der Waals surface area contributed by atoms with Gasteiger partial charge in [0.05, 0.1) is 25.4 Å². The number of rotatable bonds is 25. The number of carbonyl (C=O) groups excluding carboxylic acids is 5. The van der Waals surface area contributed by atoms with E-state index in [9.17, 15) is 24.0 Å². The highest BCUT2D eigenvalue weighted by Gasteiger charge is 2.29. The van der Waals surface area contributed by atoms with Gasteiger partial charge in [0.2, 0.25) is 0 Å². The van der Waals surface area contributed by atoms with Gasteiger partial charge in [0.25, 0.3) is 0 Å². The number of hydrogen-bond acceptors (Lipinski definition) is 12. The predicted molar refractivity (Wildman–Crippen MR) is 244 cm³/mol. The zero-order chi connectivity index (χ0) is 46.5. The Balaban J connectivity index is 1.17. The Hall–Kier alpha value is -7.21. The van der Waals surface area contributed by atoms with Crippen LogP contribution >= 0.6 is 0 Å². The molecule has 0 aliphatic carbocycles. The van der Waals surface area contributed by atoms with Gasteiger partial charge in [0.15, 0.2) is 0 Å². The smallest absolute Gasteiger partial charge is 0.343 e. The quantitative estimate of drug-likeness (QED) is 0.0205. The summed E-state index contributed by atoms with van der Waals surface area (Å²) < 4.78 is 38.5. The van der Waals surface area contributed by atoms with E-state index >= 15 is 0 Å². The molecule has 0 bridgehead atoms. The van der Waals surface area contributed by atoms with Crippen molar-refractivity contribution >= 4 is 35.9 Å². The summed E-state index contributed by atoms with van der Waals surface area (Å²) in [7, 11) is 0. The average molecular weight is 873 g/mol. The number of hydrogen-bond donors (Lipinski definition) is 0. The molecule has 0 heterocycles. The molecule has 0 aliphatic heterocycles. The van der Waals surface area contributed by atoms with Crippen LogP contribution in [0, 0.1) is 5.41 Å². The Kier molecular flexibility index (Phi) is 19.3. The van der Waals surface area contributed by atoms with Crippen LogP contribution in [0.15, 0.2) is 140 Å². The highest BCUT2D eigenvalue weighted by molar-refractivity contribution is 5.91. The van der Waals surface area contributed by atoms with Gasteiger partial charge in [0.1, 0.15) is 36.2 Å². The molecular formula is C52H56O12. The van der Waals surface area contributed by atoms with Crippen molar-refractivity contribution in [1.29, 1.82) is 0 Å². The molecule has 12 heteroatoms. The Morgan fingerprint density at radius 3 is 1.48 bits per heavy atom. The molecule has 0 saturated carbocycles. The minimum atomic E-state index is -0.698. The third kappa shape index (κ3) is 17.3. The molecule has 0 radical (unpaired) electrons. The number of benzene rings is 4. The second-order valence-electron chi connectivity index (χ2n) is 15.6. The van der Waals surface area contributed by atoms with Crippen molar-refractivity contribution in [1.82, 2.24) is 0 Å². The van der Waals surface area contributed by atoms with E-state index in [0.29, 0.717) is 42.3 Å². The standard InChI is InChI=1S/C52H56O12/c1-36(2)48(54)60-32-11-9-8-10-31-58-43-23-19-42(20-24-43)51(57)64-46-27-25-45(26-28-46)63-47(53)29-14-39-12-15-40(16-13-39)41-17-21-44(22-18-41)59-33-30-52(7,34-61-49(55)37(3)4)35-62-50(56)38(5)6/h12-29H,1,3,5,8-11,30-35H2,2,4,6-7H3/b29-14+. The lowest BCUT2D eigenvalue weighted by atomic mass is 9.89. The fourth-order valence-corrected chi connectivity index (χ4v) is 5.64. The van der Waals surface area contributed by atoms with Crippen molar-refractivity contribution in [2.45, 2.75) is 59.8 Å². The number of unbranched alkanes of at least 4 members (excludes halogenated alkanes) is 3. The maximum atomic E-state index is 12.7. The fourth-order valence-electron chi connectivity index (χ4n) is 5.64. The van der Waals surface area contributed by atoms with Gasteiger partial charge in [-0.2, -0.15) is 0 Å². The highest BCUT2D eigenvalue weighted by Crippen LogP contribution is 2.27. The minimum absolute atomic E-state index is 0.0188. The van der Waals surface area contributed by atoms with Crippen LogP contribution < -0.4 is 18.9 Å². The summed E-state index contributed by atoms with van der Waals surface area (Å²) in [6, 6.07) is 28.1. The minimum Gasteiger partial charge on any atom is -0.494 e. The number of ether oxygens (including phenoxy) is 7. The molecule has 0 fully saturated rings. The van der Waals surface area contributed by atoms with Crippen LogP contribution in [-0.2, 0) is 33.4 Å². The van der Waals surface area contributed by atoms with E-state index in [1.165, 1.54) is 18.2 Å². The SMILES string of the molecule is C=C(C)C(=O)OCCCCCCOc1ccc(C(=O)Oc2ccc(OC(=O)/C=C/c3ccc(-c4ccc(OCCC(C)(COC(=O)C(=C)C)COC(=O)C(=C)C)cc4)cc3)cc2)cc1. The second kappa shape index (κ2) is 25.0. The van der Waals surface area contributed by atoms with Crippen LogP contribution in [0.5, 0.6) is 23.0 Å². The molecule has 0 amide bonds. The summed E-state index contributed by atoms with van der Waals surface area (Å²) in [4.78, 5) is 60.7. The summed E-state index contributed by atoms with van der Waals surface area (Å²) in [5.41, 5.74) is 3.31. The molecule has 0 aromatic heterocycles. The van der Waals surface area contributed by atoms with Gasteiger partial charge in [-0.25, -0.2) is 24.0 Å². The Morgan fingerprint density at radius 1 is 0.516 bits per heavy atom. The molecule has 0 unspecified atom stereocenters. The molecule has 4 rings (SSSR count). The maximum absolute atomic E-state index is 12.7. The van der Waals surface area contributed by atoms with E-state index in [1.807, 2.05) is 55.5 Å². The van der Waals surface area contributed by atoms with Crippen LogP contribution in [0.2, 0.25) is 0 Å². The van der Waals surface area contributed by atoms with E-state index in [0.717, 1.165) is 42.4 Å². The molecule has 12 nitrogen and oxygen atoms in total. The van der Waals surface area contributed by atoms with Crippen molar-refractivity contribution in [3.8, 4) is 34.1 Å². The van der Waals surface area contributed by atoms with Gasteiger partial charge in [0, 0.05) is 28.2 Å². The van der Waals surface area contributed by atoms with Gasteiger partial charge in [-0.3, -0.25) is 0 Å². The summed E-state index contributed by atoms with van der Waals surface area (Å²) in [6.07, 6.45) is 6.89. The Morgan fingerprint density at radius 2 is 0.953 bits per heavy atom. The Labute approximate surface area is 375 Å². The van der Waals surface area contributed by atoms with Crippen LogP contribution in [0.3, 0.4) is 0 Å². The third-order valence-electron chi connectivity index (χ3n) is 9.52. The molecule has 336 valence electrons. The monoisotopic (exact) mass is 872 g/mol. The van der Waals surface area contributed by atoms with E-state index < -0.39 is 29.3 Å². The predicted octanol–water partition coefficient (Wildman–Crippen LogP) is 10.3. The van der Waals surface area contributed by atoms with Gasteiger partial charge >= 0.3 is 29.8 Å². The van der Waals surface area contributed by atoms with E-state index in [-0.39, 0.29) is 48.4 Å². The fraction of sp³-hybridized carbons (Fsp3) is 0.288. The first kappa shape index (κ1) is 49.4. The Bertz CT molecular complexity index is 2240. The summed E-state index contributed by atoms with van der Waals surface area (Å²) in [6.45, 7) is 18.6. The molecule has 64 heavy (non-hydrogen) atoms. The van der Waals surface area contributed by atoms with Crippen LogP contribution in [-0.4, -0.2) is 62.9 Å². The van der Waals surface area contributed by atoms with Crippen molar-refractivity contribution in [2.24, 2.45) is 5.41 Å². The molecule has 0 atom stereocenters. The molecule has 0 spiro atoms. The second-order valence-corrected chi connectivity index (χ2v) is 15.6. The topological polar surface area (TPSA) is 150 Å². The third-order valence-corrected chi connectivity index (χ3v) is 9.52. The molecule has 4 aromatic carbocycles. The van der Waals surface area contributed by atoms with Crippen LogP contribution in [0.4, 0.5) is 0 Å². The highest BCUT2D eigenvalue weighted by atomic mass is 16.6. The molecular weight excluding hydrogens is 817 g/mol. The lowest BCUT2D eigenvalue weighted by molar-refractivity contribution is -0.149. The number of carbonyl (C=O) groups is 5. The summed E-state index contributed by atoms with van der Waals surface area (Å²) in [5.74, 6) is -0.673. The molecule has 4 aromatic rings. The van der Waals surface area contributed by atoms with Crippen molar-refractivity contribution < 1.29 is 57.1 Å². The van der Waals surface area contributed by atoms with Gasteiger partial charge in [-0.05, 0) is 136 Å². The normalized spacial score (nSPS) is 10.9. The lowest BCUT2D eigenvalue weighted by Crippen LogP contribution is -2.33. The first-order valence-corrected chi connectivity index (χ1v) is 20.9. The van der Waals surface area contributed by atoms with Gasteiger partial charge < -0.3 is 33.2 Å². The van der Waals surface area contributed by atoms with Gasteiger partial charge in [-0.15, -0.1) is 0 Å². The van der Waals surface area contributed by atoms with Crippen molar-refractivity contribution in [2.75, 3.05) is 33.0 Å². The van der Waals surface area contributed by atoms with E-state index in [4.69, 9.17) is 33.2 Å². The largest absolute Gasteiger partial charge is 0.494 e. The maximum Gasteiger partial charge on any atom is 0.343 e. The summed E-state index contributed by atoms with van der Waals surface area (Å²) in [5, 5.41) is 0. The zero-order valence-corrected chi connectivity index (χ0v) is 37.0. The van der Waals surface area contributed by atoms with Crippen LogP contribution in [0.25, 0.3) is 17.2 Å². The van der Waals surface area contributed by atoms with E-state index in [2.05, 4.69) is 19.7 Å². The summed E-state index contributed by atoms with van der Waals surface area (Å²) >= 11 is 0. The van der Waals surface area contributed by atoms with Crippen LogP contribution in [0.1, 0.15) is 75.7 Å². The first-order valence-electron chi connectivity index (χ1n) is 20.9. The van der Waals surface area contributed by atoms with Gasteiger partial charge in [-0.1, -0.05) is 63.1 Å². The average Bonchev–Trinajstić information content (AvgIpc) is 3.28. The molecule has 0 N–H and O–H groups in total. The van der Waals surface area contributed by atoms with Crippen molar-refractivity contribution in [3.05, 3.63) is 151 Å².